The van der Waals surface area contributed by atoms with E-state index in [1.807, 2.05) is 5.32 Å². The lowest BCUT2D eigenvalue weighted by molar-refractivity contribution is -0.162. The van der Waals surface area contributed by atoms with Crippen LogP contribution < -0.4 is 10.6 Å². The van der Waals surface area contributed by atoms with E-state index in [0.29, 0.717) is 0 Å². The first-order valence-electron chi connectivity index (χ1n) is 5.47. The van der Waals surface area contributed by atoms with E-state index in [9.17, 15) is 22.8 Å². The minimum Gasteiger partial charge on any atom is -0.480 e. The smallest absolute Gasteiger partial charge is 0.411 e. The molecule has 0 aliphatic heterocycles. The third-order valence-corrected chi connectivity index (χ3v) is 3.21. The van der Waals surface area contributed by atoms with Crippen LogP contribution in [0.2, 0.25) is 0 Å². The number of carbonyl (C=O) groups excluding carboxylic acids is 1. The molecule has 0 saturated heterocycles. The number of halogens is 3. The van der Waals surface area contributed by atoms with Crippen LogP contribution in [0.15, 0.2) is 0 Å². The predicted octanol–water partition coefficient (Wildman–Crippen LogP) is 1.63. The summed E-state index contributed by atoms with van der Waals surface area (Å²) in [5, 5.41) is 12.8. The number of amides is 2. The third-order valence-electron chi connectivity index (χ3n) is 3.21. The van der Waals surface area contributed by atoms with Crippen molar-refractivity contribution >= 4 is 12.0 Å². The van der Waals surface area contributed by atoms with E-state index in [1.54, 1.807) is 0 Å². The Kier molecular flexibility index (Phi) is 3.51. The molecule has 1 aliphatic rings. The van der Waals surface area contributed by atoms with Gasteiger partial charge in [-0.3, -0.25) is 0 Å². The molecule has 18 heavy (non-hydrogen) atoms. The molecule has 0 aromatic rings. The Balaban J connectivity index is 2.66. The van der Waals surface area contributed by atoms with Crippen LogP contribution in [0.5, 0.6) is 0 Å². The van der Waals surface area contributed by atoms with Crippen molar-refractivity contribution in [1.29, 1.82) is 0 Å². The van der Waals surface area contributed by atoms with Crippen molar-refractivity contribution in [2.45, 2.75) is 50.4 Å². The van der Waals surface area contributed by atoms with Crippen molar-refractivity contribution in [2.24, 2.45) is 0 Å². The molecule has 0 aromatic carbocycles. The molecule has 104 valence electrons. The van der Waals surface area contributed by atoms with Crippen LogP contribution in [0.25, 0.3) is 0 Å². The Bertz CT molecular complexity index is 366. The van der Waals surface area contributed by atoms with Gasteiger partial charge in [0.25, 0.3) is 0 Å². The summed E-state index contributed by atoms with van der Waals surface area (Å²) >= 11 is 0. The van der Waals surface area contributed by atoms with E-state index < -0.39 is 29.3 Å². The van der Waals surface area contributed by atoms with Crippen LogP contribution in [0.4, 0.5) is 18.0 Å². The predicted molar refractivity (Wildman–Crippen MR) is 56.0 cm³/mol. The van der Waals surface area contributed by atoms with Gasteiger partial charge in [-0.05, 0) is 26.2 Å². The molecule has 5 nitrogen and oxygen atoms in total. The lowest BCUT2D eigenvalue weighted by atomic mass is 10.00. The second-order valence-electron chi connectivity index (χ2n) is 4.65. The van der Waals surface area contributed by atoms with Gasteiger partial charge in [-0.15, -0.1) is 0 Å². The minimum atomic E-state index is -4.52. The summed E-state index contributed by atoms with van der Waals surface area (Å²) in [7, 11) is 0. The number of alkyl halides is 3. The summed E-state index contributed by atoms with van der Waals surface area (Å²) < 4.78 is 37.7. The zero-order chi connectivity index (χ0) is 14.2. The highest BCUT2D eigenvalue weighted by Gasteiger charge is 2.64. The maximum atomic E-state index is 12.6. The molecule has 0 aromatic heterocycles. The first-order valence-corrected chi connectivity index (χ1v) is 5.47. The molecular formula is C10H15F3N2O3. The average Bonchev–Trinajstić information content (AvgIpc) is 2.97. The number of urea groups is 1. The molecule has 1 unspecified atom stereocenters. The summed E-state index contributed by atoms with van der Waals surface area (Å²) in [6.45, 7) is 2.76. The van der Waals surface area contributed by atoms with Gasteiger partial charge in [0.1, 0.15) is 11.1 Å². The van der Waals surface area contributed by atoms with Crippen molar-refractivity contribution in [3.63, 3.8) is 0 Å². The molecule has 1 aliphatic carbocycles. The van der Waals surface area contributed by atoms with Crippen molar-refractivity contribution < 1.29 is 27.9 Å². The van der Waals surface area contributed by atoms with Crippen LogP contribution >= 0.6 is 0 Å². The highest BCUT2D eigenvalue weighted by atomic mass is 19.4. The van der Waals surface area contributed by atoms with E-state index in [2.05, 4.69) is 5.32 Å². The van der Waals surface area contributed by atoms with Gasteiger partial charge in [0.05, 0.1) is 0 Å². The Hall–Kier alpha value is -1.47. The van der Waals surface area contributed by atoms with Crippen molar-refractivity contribution in [3.05, 3.63) is 0 Å². The normalized spacial score (nSPS) is 20.7. The molecule has 8 heteroatoms. The molecule has 0 heterocycles. The molecule has 1 fully saturated rings. The van der Waals surface area contributed by atoms with Gasteiger partial charge >= 0.3 is 18.2 Å². The van der Waals surface area contributed by atoms with Crippen LogP contribution in [0.3, 0.4) is 0 Å². The number of hydrogen-bond donors (Lipinski definition) is 3. The van der Waals surface area contributed by atoms with Gasteiger partial charge in [-0.25, -0.2) is 9.59 Å². The van der Waals surface area contributed by atoms with Gasteiger partial charge in [0.15, 0.2) is 0 Å². The highest BCUT2D eigenvalue weighted by Crippen LogP contribution is 2.48. The average molecular weight is 268 g/mol. The lowest BCUT2D eigenvalue weighted by Gasteiger charge is -2.27. The lowest BCUT2D eigenvalue weighted by Crippen LogP contribution is -2.59. The van der Waals surface area contributed by atoms with Crippen LogP contribution in [0, 0.1) is 0 Å². The zero-order valence-electron chi connectivity index (χ0n) is 10.0. The zero-order valence-corrected chi connectivity index (χ0v) is 10.0. The standard InChI is InChI=1S/C10H15F3N2O3/c1-3-8(2,6(16)17)14-7(18)15-9(4-5-9)10(11,12)13/h3-5H2,1-2H3,(H,16,17)(H2,14,15,18). The maximum Gasteiger partial charge on any atom is 0.411 e. The highest BCUT2D eigenvalue weighted by molar-refractivity contribution is 5.86. The number of nitrogens with one attached hydrogen (secondary N) is 2. The summed E-state index contributed by atoms with van der Waals surface area (Å²) in [6.07, 6.45) is -4.81. The minimum absolute atomic E-state index is 0.0643. The first-order chi connectivity index (χ1) is 8.06. The molecule has 1 atom stereocenters. The Morgan fingerprint density at radius 2 is 1.83 bits per heavy atom. The molecule has 0 bridgehead atoms. The van der Waals surface area contributed by atoms with E-state index in [-0.39, 0.29) is 19.3 Å². The molecule has 0 radical (unpaired) electrons. The summed E-state index contributed by atoms with van der Waals surface area (Å²) in [5.41, 5.74) is -3.77. The monoisotopic (exact) mass is 268 g/mol. The van der Waals surface area contributed by atoms with Crippen molar-refractivity contribution in [1.82, 2.24) is 10.6 Å². The van der Waals surface area contributed by atoms with E-state index >= 15 is 0 Å². The molecule has 1 saturated carbocycles. The van der Waals surface area contributed by atoms with Gasteiger partial charge < -0.3 is 15.7 Å². The SMILES string of the molecule is CCC(C)(NC(=O)NC1(C(F)(F)F)CC1)C(=O)O. The van der Waals surface area contributed by atoms with Crippen LogP contribution in [0.1, 0.15) is 33.1 Å². The van der Waals surface area contributed by atoms with Crippen LogP contribution in [-0.4, -0.2) is 34.4 Å². The number of aliphatic carboxylic acids is 1. The van der Waals surface area contributed by atoms with E-state index in [4.69, 9.17) is 5.11 Å². The fourth-order valence-electron chi connectivity index (χ4n) is 1.40. The van der Waals surface area contributed by atoms with Gasteiger partial charge in [-0.2, -0.15) is 13.2 Å². The number of hydrogen-bond acceptors (Lipinski definition) is 2. The second-order valence-corrected chi connectivity index (χ2v) is 4.65. The maximum absolute atomic E-state index is 12.6. The third kappa shape index (κ3) is 2.68. The molecule has 2 amide bonds. The summed E-state index contributed by atoms with van der Waals surface area (Å²) in [5.74, 6) is -1.29. The Labute approximate surface area is 102 Å². The fourth-order valence-corrected chi connectivity index (χ4v) is 1.40. The molecule has 0 spiro atoms. The van der Waals surface area contributed by atoms with Gasteiger partial charge in [-0.1, -0.05) is 6.92 Å². The van der Waals surface area contributed by atoms with Crippen molar-refractivity contribution in [2.75, 3.05) is 0 Å². The van der Waals surface area contributed by atoms with E-state index in [0.717, 1.165) is 0 Å². The second kappa shape index (κ2) is 4.33. The fraction of sp³-hybridized carbons (Fsp3) is 0.800. The molecule has 1 rings (SSSR count). The number of carbonyl (C=O) groups is 2. The summed E-state index contributed by atoms with van der Waals surface area (Å²) in [4.78, 5) is 22.3. The number of carboxylic acids is 1. The largest absolute Gasteiger partial charge is 0.480 e. The van der Waals surface area contributed by atoms with E-state index in [1.165, 1.54) is 13.8 Å². The van der Waals surface area contributed by atoms with Gasteiger partial charge in [0, 0.05) is 0 Å². The molecular weight excluding hydrogens is 253 g/mol. The van der Waals surface area contributed by atoms with Crippen LogP contribution in [-0.2, 0) is 4.79 Å². The Morgan fingerprint density at radius 3 is 2.11 bits per heavy atom. The topological polar surface area (TPSA) is 78.4 Å². The molecule has 3 N–H and O–H groups in total. The quantitative estimate of drug-likeness (QED) is 0.725. The van der Waals surface area contributed by atoms with Crippen molar-refractivity contribution in [3.8, 4) is 0 Å². The number of carboxylic acid groups (broad SMARTS) is 1. The summed E-state index contributed by atoms with van der Waals surface area (Å²) in [6, 6.07) is -1.11. The van der Waals surface area contributed by atoms with Gasteiger partial charge in [0.2, 0.25) is 0 Å². The Morgan fingerprint density at radius 1 is 1.33 bits per heavy atom. The first kappa shape index (κ1) is 14.6. The number of rotatable bonds is 4.